The molecule has 0 aliphatic carbocycles. The molecule has 1 atom stereocenters. The Bertz CT molecular complexity index is 1260. The first kappa shape index (κ1) is 22.6. The number of benzene rings is 2. The minimum Gasteiger partial charge on any atom is -0.323 e. The zero-order chi connectivity index (χ0) is 23.4. The third kappa shape index (κ3) is 5.27. The van der Waals surface area contributed by atoms with E-state index in [4.69, 9.17) is 0 Å². The number of pyridine rings is 1. The molecule has 3 aromatic rings. The second-order valence-electron chi connectivity index (χ2n) is 7.81. The number of carbonyl (C=O) groups excluding carboxylic acids is 2. The molecule has 0 bridgehead atoms. The number of carbonyl (C=O) groups is 2. The number of sulfonamides is 1. The third-order valence-corrected chi connectivity index (χ3v) is 6.93. The van der Waals surface area contributed by atoms with Crippen molar-refractivity contribution in [1.29, 1.82) is 0 Å². The zero-order valence-corrected chi connectivity index (χ0v) is 18.9. The van der Waals surface area contributed by atoms with Gasteiger partial charge in [-0.15, -0.1) is 0 Å². The average molecular weight is 465 g/mol. The Kier molecular flexibility index (Phi) is 6.52. The fourth-order valence-electron chi connectivity index (χ4n) is 3.83. The first-order chi connectivity index (χ1) is 15.8. The molecular formula is C24H24N4O4S. The topological polar surface area (TPSA) is 108 Å². The lowest BCUT2D eigenvalue weighted by Crippen LogP contribution is -2.45. The second-order valence-corrected chi connectivity index (χ2v) is 9.52. The van der Waals surface area contributed by atoms with Gasteiger partial charge >= 0.3 is 0 Å². The Morgan fingerprint density at radius 2 is 1.88 bits per heavy atom. The van der Waals surface area contributed by atoms with Crippen molar-refractivity contribution in [3.8, 4) is 0 Å². The number of hydrogen-bond acceptors (Lipinski definition) is 5. The van der Waals surface area contributed by atoms with Gasteiger partial charge in [0.05, 0.1) is 16.8 Å². The monoisotopic (exact) mass is 464 g/mol. The Balaban J connectivity index is 1.59. The number of anilines is 2. The summed E-state index contributed by atoms with van der Waals surface area (Å²) in [6.07, 6.45) is 3.83. The minimum absolute atomic E-state index is 0.0545. The van der Waals surface area contributed by atoms with Crippen molar-refractivity contribution in [3.63, 3.8) is 0 Å². The van der Waals surface area contributed by atoms with Crippen LogP contribution in [-0.2, 0) is 32.5 Å². The van der Waals surface area contributed by atoms with E-state index in [9.17, 15) is 18.0 Å². The van der Waals surface area contributed by atoms with Gasteiger partial charge in [-0.1, -0.05) is 30.3 Å². The van der Waals surface area contributed by atoms with Crippen LogP contribution in [0.3, 0.4) is 0 Å². The fourth-order valence-corrected chi connectivity index (χ4v) is 5.08. The molecule has 8 nitrogen and oxygen atoms in total. The van der Waals surface area contributed by atoms with Crippen molar-refractivity contribution in [2.45, 2.75) is 30.7 Å². The van der Waals surface area contributed by atoms with E-state index in [2.05, 4.69) is 15.0 Å². The number of nitrogens with zero attached hydrogens (tertiary/aromatic N) is 2. The van der Waals surface area contributed by atoms with E-state index in [1.54, 1.807) is 35.4 Å². The van der Waals surface area contributed by atoms with Gasteiger partial charge in [-0.2, -0.15) is 4.72 Å². The first-order valence-electron chi connectivity index (χ1n) is 10.5. The number of nitrogens with one attached hydrogen (secondary N) is 2. The van der Waals surface area contributed by atoms with Crippen LogP contribution in [0, 0.1) is 0 Å². The molecule has 33 heavy (non-hydrogen) atoms. The molecule has 1 aliphatic rings. The predicted molar refractivity (Wildman–Crippen MR) is 125 cm³/mol. The normalized spacial score (nSPS) is 13.9. The Labute approximate surface area is 192 Å². The van der Waals surface area contributed by atoms with Gasteiger partial charge in [-0.3, -0.25) is 14.6 Å². The first-order valence-corrected chi connectivity index (χ1v) is 12.0. The number of aromatic nitrogens is 1. The zero-order valence-electron chi connectivity index (χ0n) is 18.1. The highest BCUT2D eigenvalue weighted by Crippen LogP contribution is 2.30. The van der Waals surface area contributed by atoms with Crippen LogP contribution in [0.5, 0.6) is 0 Å². The summed E-state index contributed by atoms with van der Waals surface area (Å²) in [5.74, 6) is -0.572. The lowest BCUT2D eigenvalue weighted by Gasteiger charge is -2.19. The smallest absolute Gasteiger partial charge is 0.242 e. The van der Waals surface area contributed by atoms with Gasteiger partial charge in [-0.25, -0.2) is 8.42 Å². The average Bonchev–Trinajstić information content (AvgIpc) is 3.24. The Hall–Kier alpha value is -3.56. The van der Waals surface area contributed by atoms with Crippen LogP contribution < -0.4 is 14.9 Å². The summed E-state index contributed by atoms with van der Waals surface area (Å²) in [4.78, 5) is 30.5. The molecule has 2 N–H and O–H groups in total. The lowest BCUT2D eigenvalue weighted by molar-refractivity contribution is -0.118. The van der Waals surface area contributed by atoms with Crippen LogP contribution in [0.15, 0.2) is 78.0 Å². The van der Waals surface area contributed by atoms with Crippen molar-refractivity contribution in [2.24, 2.45) is 0 Å². The fraction of sp³-hybridized carbons (Fsp3) is 0.208. The summed E-state index contributed by atoms with van der Waals surface area (Å²) in [5, 5.41) is 2.72. The van der Waals surface area contributed by atoms with Crippen LogP contribution in [0.25, 0.3) is 0 Å². The van der Waals surface area contributed by atoms with Crippen molar-refractivity contribution in [2.75, 3.05) is 16.8 Å². The largest absolute Gasteiger partial charge is 0.323 e. The summed E-state index contributed by atoms with van der Waals surface area (Å²) >= 11 is 0. The second kappa shape index (κ2) is 9.51. The van der Waals surface area contributed by atoms with E-state index in [0.29, 0.717) is 18.7 Å². The van der Waals surface area contributed by atoms with E-state index >= 15 is 0 Å². The van der Waals surface area contributed by atoms with Crippen molar-refractivity contribution < 1.29 is 18.0 Å². The van der Waals surface area contributed by atoms with Crippen molar-refractivity contribution in [1.82, 2.24) is 9.71 Å². The third-order valence-electron chi connectivity index (χ3n) is 5.46. The number of rotatable bonds is 7. The Morgan fingerprint density at radius 1 is 1.09 bits per heavy atom. The van der Waals surface area contributed by atoms with Crippen molar-refractivity contribution >= 4 is 33.2 Å². The summed E-state index contributed by atoms with van der Waals surface area (Å²) in [6.45, 7) is 2.00. The molecule has 0 radical (unpaired) electrons. The summed E-state index contributed by atoms with van der Waals surface area (Å²) in [5.41, 5.74) is 2.79. The lowest BCUT2D eigenvalue weighted by atomic mass is 10.1. The maximum absolute atomic E-state index is 13.2. The molecule has 9 heteroatoms. The van der Waals surface area contributed by atoms with Crippen LogP contribution in [-0.4, -0.2) is 37.8 Å². The molecule has 2 aromatic carbocycles. The molecule has 0 fully saturated rings. The van der Waals surface area contributed by atoms with Gasteiger partial charge in [0.2, 0.25) is 21.8 Å². The Morgan fingerprint density at radius 3 is 2.58 bits per heavy atom. The number of fused-ring (bicyclic) bond motifs is 1. The molecule has 1 aliphatic heterocycles. The molecule has 0 saturated heterocycles. The van der Waals surface area contributed by atoms with Gasteiger partial charge in [-0.05, 0) is 54.3 Å². The maximum Gasteiger partial charge on any atom is 0.242 e. The summed E-state index contributed by atoms with van der Waals surface area (Å²) in [7, 11) is -4.01. The maximum atomic E-state index is 13.2. The number of amides is 2. The van der Waals surface area contributed by atoms with Crippen LogP contribution >= 0.6 is 0 Å². The summed E-state index contributed by atoms with van der Waals surface area (Å²) < 4.78 is 29.0. The van der Waals surface area contributed by atoms with Gasteiger partial charge < -0.3 is 10.2 Å². The molecule has 2 amide bonds. The van der Waals surface area contributed by atoms with E-state index in [1.165, 1.54) is 19.2 Å². The molecule has 170 valence electrons. The highest BCUT2D eigenvalue weighted by molar-refractivity contribution is 7.89. The van der Waals surface area contributed by atoms with Crippen LogP contribution in [0.1, 0.15) is 18.1 Å². The van der Waals surface area contributed by atoms with Crippen molar-refractivity contribution in [3.05, 3.63) is 84.2 Å². The minimum atomic E-state index is -4.01. The van der Waals surface area contributed by atoms with E-state index in [1.807, 2.05) is 30.3 Å². The number of hydrogen-bond donors (Lipinski definition) is 2. The summed E-state index contributed by atoms with van der Waals surface area (Å²) in [6, 6.07) is 16.2. The van der Waals surface area contributed by atoms with Crippen LogP contribution in [0.4, 0.5) is 11.4 Å². The predicted octanol–water partition coefficient (Wildman–Crippen LogP) is 2.52. The van der Waals surface area contributed by atoms with Gasteiger partial charge in [0.15, 0.2) is 0 Å². The van der Waals surface area contributed by atoms with E-state index < -0.39 is 22.0 Å². The van der Waals surface area contributed by atoms with Gasteiger partial charge in [0.25, 0.3) is 0 Å². The standard InChI is InChI=1S/C24H24N4O4S/c1-17(29)28-13-11-19-15-21(9-10-23(19)28)33(31,32)27-22(14-18-6-3-2-4-7-18)24(30)26-20-8-5-12-25-16-20/h2-10,12,15-16,22,27H,11,13-14H2,1H3,(H,26,30). The molecule has 1 unspecified atom stereocenters. The SMILES string of the molecule is CC(=O)N1CCc2cc(S(=O)(=O)NC(Cc3ccccc3)C(=O)Nc3cccnc3)ccc21. The van der Waals surface area contributed by atoms with Gasteiger partial charge in [0, 0.05) is 25.4 Å². The van der Waals surface area contributed by atoms with E-state index in [0.717, 1.165) is 16.8 Å². The molecule has 0 spiro atoms. The molecule has 2 heterocycles. The highest BCUT2D eigenvalue weighted by atomic mass is 32.2. The van der Waals surface area contributed by atoms with E-state index in [-0.39, 0.29) is 17.2 Å². The molecule has 0 saturated carbocycles. The molecule has 4 rings (SSSR count). The molecule has 1 aromatic heterocycles. The highest BCUT2D eigenvalue weighted by Gasteiger charge is 2.29. The quantitative estimate of drug-likeness (QED) is 0.559. The molecular weight excluding hydrogens is 440 g/mol. The van der Waals surface area contributed by atoms with Crippen LogP contribution in [0.2, 0.25) is 0 Å². The van der Waals surface area contributed by atoms with Gasteiger partial charge in [0.1, 0.15) is 6.04 Å².